The molecule has 0 aliphatic heterocycles. The van der Waals surface area contributed by atoms with E-state index in [2.05, 4.69) is 31.2 Å². The highest BCUT2D eigenvalue weighted by Gasteiger charge is 2.61. The number of hydrogen-bond acceptors (Lipinski definition) is 15. The van der Waals surface area contributed by atoms with Gasteiger partial charge in [-0.1, -0.05) is 0 Å². The Kier molecular flexibility index (Phi) is 12.7. The van der Waals surface area contributed by atoms with Gasteiger partial charge in [0.05, 0.1) is 0 Å². The van der Waals surface area contributed by atoms with Crippen LogP contribution in [0.15, 0.2) is 0 Å². The van der Waals surface area contributed by atoms with E-state index in [1.54, 1.807) is 0 Å². The van der Waals surface area contributed by atoms with Crippen molar-refractivity contribution in [2.45, 2.75) is 36.6 Å². The van der Waals surface area contributed by atoms with Crippen LogP contribution in [0, 0.1) is 0 Å². The fraction of sp³-hybridized carbons (Fsp3) is 1.00. The SMILES string of the molecule is O=P(O)(O)O[C@@H]1[C@@H](OP(=O)(O)OP(=O)(O)O)[C@H](OP(=O)(O)O)[C@H](O)[C@H](OP(=O)(O)OP(=O)(O)O)[C@H]1OP(=O)(O)O. The van der Waals surface area contributed by atoms with Gasteiger partial charge in [-0.3, -0.25) is 22.6 Å². The van der Waals surface area contributed by atoms with Crippen LogP contribution in [0.2, 0.25) is 0 Å². The summed E-state index contributed by atoms with van der Waals surface area (Å²) in [5, 5.41) is 10.5. The minimum atomic E-state index is -6.34. The fourth-order valence-corrected chi connectivity index (χ4v) is 8.07. The molecule has 0 saturated heterocycles. The van der Waals surface area contributed by atoms with Crippen LogP contribution in [-0.2, 0) is 63.2 Å². The van der Waals surface area contributed by atoms with Crippen molar-refractivity contribution in [1.29, 1.82) is 0 Å². The number of aliphatic hydroxyl groups excluding tert-OH is 1. The van der Waals surface area contributed by atoms with Crippen LogP contribution >= 0.6 is 54.8 Å². The highest BCUT2D eigenvalue weighted by molar-refractivity contribution is 7.61. The second-order valence-corrected chi connectivity index (χ2v) is 16.0. The lowest BCUT2D eigenvalue weighted by molar-refractivity contribution is -0.205. The number of hydrogen-bond donors (Lipinski definition) is 13. The molecule has 2 unspecified atom stereocenters. The van der Waals surface area contributed by atoms with Crippen molar-refractivity contribution in [3.8, 4) is 0 Å². The van der Waals surface area contributed by atoms with E-state index in [0.717, 1.165) is 0 Å². The number of aliphatic hydroxyl groups is 1. The van der Waals surface area contributed by atoms with Gasteiger partial charge in [0.2, 0.25) is 0 Å². The average Bonchev–Trinajstić information content (AvgIpc) is 2.57. The summed E-state index contributed by atoms with van der Waals surface area (Å²) in [6.07, 6.45) is -19.5. The summed E-state index contributed by atoms with van der Waals surface area (Å²) in [6.45, 7) is 0. The third kappa shape index (κ3) is 14.5. The molecule has 0 aromatic carbocycles. The summed E-state index contributed by atoms with van der Waals surface area (Å²) in [6, 6.07) is 0. The van der Waals surface area contributed by atoms with Crippen LogP contribution in [0.25, 0.3) is 0 Å². The lowest BCUT2D eigenvalue weighted by Crippen LogP contribution is -2.66. The van der Waals surface area contributed by atoms with Gasteiger partial charge in [0.15, 0.2) is 0 Å². The average molecular weight is 740 g/mol. The predicted octanol–water partition coefficient (Wildman–Crippen LogP) is -3.02. The van der Waals surface area contributed by atoms with E-state index in [0.29, 0.717) is 0 Å². The minimum absolute atomic E-state index is 3.20. The Morgan fingerprint density at radius 1 is 0.350 bits per heavy atom. The molecule has 40 heavy (non-hydrogen) atoms. The van der Waals surface area contributed by atoms with Gasteiger partial charge in [0, 0.05) is 0 Å². The molecule has 0 spiro atoms. The zero-order valence-corrected chi connectivity index (χ0v) is 24.4. The first-order valence-corrected chi connectivity index (χ1v) is 19.4. The van der Waals surface area contributed by atoms with E-state index in [-0.39, 0.29) is 0 Å². The second-order valence-electron chi connectivity index (χ2n) is 6.89. The Labute approximate surface area is 219 Å². The van der Waals surface area contributed by atoms with Crippen molar-refractivity contribution in [1.82, 2.24) is 0 Å². The summed E-state index contributed by atoms with van der Waals surface area (Å²) in [5.74, 6) is 0. The maximum absolute atomic E-state index is 12.1. The molecule has 1 rings (SSSR count). The maximum Gasteiger partial charge on any atom is 0.481 e. The second kappa shape index (κ2) is 13.0. The first-order valence-electron chi connectivity index (χ1n) is 8.76. The van der Waals surface area contributed by atoms with Crippen LogP contribution in [0.4, 0.5) is 0 Å². The molecule has 0 aromatic rings. The normalized spacial score (nSPS) is 30.4. The summed E-state index contributed by atoms with van der Waals surface area (Å²) in [5.41, 5.74) is 0. The van der Waals surface area contributed by atoms with Gasteiger partial charge in [0.1, 0.15) is 36.6 Å². The van der Waals surface area contributed by atoms with E-state index in [4.69, 9.17) is 29.4 Å². The van der Waals surface area contributed by atoms with Crippen LogP contribution < -0.4 is 0 Å². The summed E-state index contributed by atoms with van der Waals surface area (Å²) < 4.78 is 108. The van der Waals surface area contributed by atoms with E-state index in [1.165, 1.54) is 0 Å². The van der Waals surface area contributed by atoms with Crippen molar-refractivity contribution in [3.63, 3.8) is 0 Å². The molecule has 27 nitrogen and oxygen atoms in total. The standard InChI is InChI=1S/C6H19O27P7/c7-1-2(27-34(8,9)10)5(31-40(25,26)33-38(20,21)22)6(29-36(14,15)16)4(28-35(11,12)13)3(1)30-39(23,24)32-37(17,18)19/h1-7H,(H,23,24)(H,25,26)(H2,8,9,10)(H2,11,12,13)(H2,14,15,16)(H2,17,18,19)(H2,20,21,22)/t1-,2+,3-,4+,5-,6-/m0/s1. The molecule has 1 aliphatic carbocycles. The zero-order valence-electron chi connectivity index (χ0n) is 18.1. The Morgan fingerprint density at radius 2 is 0.575 bits per heavy atom. The van der Waals surface area contributed by atoms with Crippen LogP contribution in [0.5, 0.6) is 0 Å². The summed E-state index contributed by atoms with van der Waals surface area (Å²) >= 11 is 0. The number of phosphoric ester groups is 5. The molecule has 1 aliphatic rings. The first kappa shape index (κ1) is 38.8. The number of rotatable bonds is 14. The molecule has 8 atom stereocenters. The third-order valence-corrected chi connectivity index (χ3v) is 9.60. The lowest BCUT2D eigenvalue weighted by Gasteiger charge is -2.47. The zero-order chi connectivity index (χ0) is 31.9. The van der Waals surface area contributed by atoms with Gasteiger partial charge >= 0.3 is 54.8 Å². The molecule has 0 amide bonds. The first-order chi connectivity index (χ1) is 17.3. The van der Waals surface area contributed by atoms with Crippen molar-refractivity contribution < 1.29 is 127 Å². The Hall–Kier alpha value is 0.810. The Morgan fingerprint density at radius 3 is 0.875 bits per heavy atom. The molecule has 0 bridgehead atoms. The van der Waals surface area contributed by atoms with Gasteiger partial charge in [0.25, 0.3) is 0 Å². The molecule has 240 valence electrons. The van der Waals surface area contributed by atoms with E-state index in [9.17, 15) is 66.4 Å². The smallest absolute Gasteiger partial charge is 0.387 e. The molecular formula is C6H19O27P7. The lowest BCUT2D eigenvalue weighted by atomic mass is 9.85. The maximum atomic E-state index is 12.1. The highest BCUT2D eigenvalue weighted by Crippen LogP contribution is 2.63. The molecule has 0 aromatic heterocycles. The molecule has 1 saturated carbocycles. The topological polar surface area (TPSA) is 447 Å². The van der Waals surface area contributed by atoms with Gasteiger partial charge in [-0.2, -0.15) is 8.62 Å². The van der Waals surface area contributed by atoms with E-state index in [1.807, 2.05) is 0 Å². The molecule has 0 radical (unpaired) electrons. The van der Waals surface area contributed by atoms with Crippen molar-refractivity contribution in [2.24, 2.45) is 0 Å². The fourth-order valence-electron chi connectivity index (χ4n) is 2.83. The van der Waals surface area contributed by atoms with Crippen molar-refractivity contribution >= 4 is 54.8 Å². The van der Waals surface area contributed by atoms with Crippen LogP contribution in [0.3, 0.4) is 0 Å². The predicted molar refractivity (Wildman–Crippen MR) is 112 cm³/mol. The quantitative estimate of drug-likeness (QED) is 0.0788. The Balaban J connectivity index is 3.93. The Bertz CT molecular complexity index is 1230. The molecule has 1 fully saturated rings. The van der Waals surface area contributed by atoms with E-state index >= 15 is 0 Å². The van der Waals surface area contributed by atoms with Gasteiger partial charge in [-0.15, -0.1) is 0 Å². The summed E-state index contributed by atoms with van der Waals surface area (Å²) in [7, 11) is -43.0. The third-order valence-electron chi connectivity index (χ3n) is 3.67. The largest absolute Gasteiger partial charge is 0.481 e. The van der Waals surface area contributed by atoms with Gasteiger partial charge < -0.3 is 63.8 Å². The van der Waals surface area contributed by atoms with Gasteiger partial charge in [-0.25, -0.2) is 32.0 Å². The minimum Gasteiger partial charge on any atom is -0.387 e. The molecule has 34 heteroatoms. The monoisotopic (exact) mass is 740 g/mol. The highest BCUT2D eigenvalue weighted by atomic mass is 31.3. The van der Waals surface area contributed by atoms with Crippen LogP contribution in [0.1, 0.15) is 0 Å². The van der Waals surface area contributed by atoms with Crippen molar-refractivity contribution in [2.75, 3.05) is 0 Å². The molecule has 13 N–H and O–H groups in total. The van der Waals surface area contributed by atoms with E-state index < -0.39 is 91.4 Å². The van der Waals surface area contributed by atoms with Crippen molar-refractivity contribution in [3.05, 3.63) is 0 Å². The molecule has 0 heterocycles. The van der Waals surface area contributed by atoms with Crippen LogP contribution in [-0.4, -0.2) is 100 Å². The number of phosphoric acid groups is 7. The molecular weight excluding hydrogens is 721 g/mol. The summed E-state index contributed by atoms with van der Waals surface area (Å²) in [4.78, 5) is 109. The van der Waals surface area contributed by atoms with Gasteiger partial charge in [-0.05, 0) is 0 Å².